The lowest BCUT2D eigenvalue weighted by Crippen LogP contribution is -2.07. The Labute approximate surface area is 128 Å². The lowest BCUT2D eigenvalue weighted by atomic mass is 10.1. The molecule has 2 aromatic rings. The molecule has 0 radical (unpaired) electrons. The van der Waals surface area contributed by atoms with Crippen LogP contribution in [0.3, 0.4) is 0 Å². The summed E-state index contributed by atoms with van der Waals surface area (Å²) >= 11 is 0. The lowest BCUT2D eigenvalue weighted by Gasteiger charge is -2.17. The number of para-hydroxylation sites is 2. The number of benzene rings is 2. The zero-order chi connectivity index (χ0) is 17.0. The second-order valence-electron chi connectivity index (χ2n) is 4.65. The van der Waals surface area contributed by atoms with Gasteiger partial charge in [-0.3, -0.25) is 0 Å². The predicted molar refractivity (Wildman–Crippen MR) is 72.7 cm³/mol. The molecule has 1 nitrogen and oxygen atoms in total. The number of ether oxygens (including phenoxy) is 1. The van der Waals surface area contributed by atoms with Crippen LogP contribution in [0.2, 0.25) is 0 Å². The molecule has 2 unspecified atom stereocenters. The molecule has 124 valence electrons. The molecule has 0 aliphatic rings. The summed E-state index contributed by atoms with van der Waals surface area (Å²) in [5, 5.41) is 0. The molecule has 0 saturated heterocycles. The maximum absolute atomic E-state index is 13.6. The van der Waals surface area contributed by atoms with Crippen molar-refractivity contribution in [2.75, 3.05) is 0 Å². The van der Waals surface area contributed by atoms with Crippen molar-refractivity contribution in [2.24, 2.45) is 0 Å². The minimum atomic E-state index is -3.27. The van der Waals surface area contributed by atoms with Gasteiger partial charge in [-0.15, -0.1) is 0 Å². The first kappa shape index (κ1) is 17.2. The lowest BCUT2D eigenvalue weighted by molar-refractivity contribution is 0.0470. The van der Waals surface area contributed by atoms with Crippen LogP contribution >= 0.6 is 0 Å². The molecule has 2 atom stereocenters. The molecule has 0 heterocycles. The summed E-state index contributed by atoms with van der Waals surface area (Å²) in [5.41, 5.74) is -0.880. The third-order valence-electron chi connectivity index (χ3n) is 3.09. The maximum Gasteiger partial charge on any atom is 0.273 e. The fourth-order valence-corrected chi connectivity index (χ4v) is 1.99. The molecule has 0 aromatic heterocycles. The van der Waals surface area contributed by atoms with Crippen molar-refractivity contribution in [2.45, 2.75) is 25.2 Å². The molecule has 0 fully saturated rings. The summed E-state index contributed by atoms with van der Waals surface area (Å²) in [6, 6.07) is 10.1. The highest BCUT2D eigenvalue weighted by Crippen LogP contribution is 2.38. The standard InChI is InChI=1S/C16H12F6O/c17-13(15(19)20)9-5-1-3-7-11(9)23-12-8-4-2-6-10(12)14(18)16(21)22/h1-8,13-16H. The Morgan fingerprint density at radius 2 is 0.913 bits per heavy atom. The van der Waals surface area contributed by atoms with Gasteiger partial charge in [0.15, 0.2) is 12.3 Å². The van der Waals surface area contributed by atoms with Crippen LogP contribution in [0.1, 0.15) is 23.5 Å². The smallest absolute Gasteiger partial charge is 0.273 e. The first-order valence-electron chi connectivity index (χ1n) is 6.62. The molecule has 0 aliphatic heterocycles. The van der Waals surface area contributed by atoms with Gasteiger partial charge in [0.05, 0.1) is 0 Å². The monoisotopic (exact) mass is 334 g/mol. The Morgan fingerprint density at radius 3 is 1.26 bits per heavy atom. The molecule has 0 N–H and O–H groups in total. The van der Waals surface area contributed by atoms with E-state index in [1.807, 2.05) is 0 Å². The van der Waals surface area contributed by atoms with Crippen LogP contribution in [-0.2, 0) is 0 Å². The van der Waals surface area contributed by atoms with E-state index >= 15 is 0 Å². The van der Waals surface area contributed by atoms with Crippen LogP contribution in [0.4, 0.5) is 26.3 Å². The SMILES string of the molecule is FC(F)C(F)c1ccccc1Oc1ccccc1C(F)C(F)F. The average molecular weight is 334 g/mol. The van der Waals surface area contributed by atoms with Gasteiger partial charge in [-0.2, -0.15) is 0 Å². The summed E-state index contributed by atoms with van der Waals surface area (Å²) in [5.74, 6) is -0.566. The molecule has 23 heavy (non-hydrogen) atoms. The van der Waals surface area contributed by atoms with Gasteiger partial charge >= 0.3 is 0 Å². The third kappa shape index (κ3) is 3.97. The van der Waals surface area contributed by atoms with Crippen molar-refractivity contribution in [1.82, 2.24) is 0 Å². The molecular formula is C16H12F6O. The van der Waals surface area contributed by atoms with Crippen molar-refractivity contribution in [3.8, 4) is 11.5 Å². The van der Waals surface area contributed by atoms with E-state index in [-0.39, 0.29) is 11.5 Å². The van der Waals surface area contributed by atoms with E-state index in [1.165, 1.54) is 36.4 Å². The highest BCUT2D eigenvalue weighted by atomic mass is 19.3. The molecule has 0 spiro atoms. The van der Waals surface area contributed by atoms with E-state index in [1.54, 1.807) is 0 Å². The average Bonchev–Trinajstić information content (AvgIpc) is 2.54. The zero-order valence-electron chi connectivity index (χ0n) is 11.6. The summed E-state index contributed by atoms with van der Waals surface area (Å²) in [7, 11) is 0. The molecule has 0 amide bonds. The van der Waals surface area contributed by atoms with E-state index in [4.69, 9.17) is 4.74 Å². The number of rotatable bonds is 6. The van der Waals surface area contributed by atoms with E-state index in [9.17, 15) is 26.3 Å². The normalized spacial score (nSPS) is 14.1. The number of halogens is 6. The summed E-state index contributed by atoms with van der Waals surface area (Å²) in [6.07, 6.45) is -11.8. The van der Waals surface area contributed by atoms with Gasteiger partial charge in [-0.25, -0.2) is 26.3 Å². The quantitative estimate of drug-likeness (QED) is 0.586. The van der Waals surface area contributed by atoms with Crippen molar-refractivity contribution in [1.29, 1.82) is 0 Å². The summed E-state index contributed by atoms with van der Waals surface area (Å²) in [4.78, 5) is 0. The molecule has 2 aromatic carbocycles. The molecular weight excluding hydrogens is 322 g/mol. The Hall–Kier alpha value is -2.18. The van der Waals surface area contributed by atoms with Crippen molar-refractivity contribution in [3.63, 3.8) is 0 Å². The molecule has 0 saturated carbocycles. The highest BCUT2D eigenvalue weighted by molar-refractivity contribution is 5.43. The summed E-state index contributed by atoms with van der Waals surface area (Å²) in [6.45, 7) is 0. The molecule has 0 aliphatic carbocycles. The first-order chi connectivity index (χ1) is 10.9. The Bertz CT molecular complexity index is 590. The van der Waals surface area contributed by atoms with Gasteiger partial charge in [0.1, 0.15) is 11.5 Å². The van der Waals surface area contributed by atoms with Gasteiger partial charge in [0, 0.05) is 11.1 Å². The molecule has 2 rings (SSSR count). The second kappa shape index (κ2) is 7.39. The summed E-state index contributed by atoms with van der Waals surface area (Å²) < 4.78 is 82.6. The number of hydrogen-bond acceptors (Lipinski definition) is 1. The number of hydrogen-bond donors (Lipinski definition) is 0. The van der Waals surface area contributed by atoms with E-state index in [0.29, 0.717) is 0 Å². The Morgan fingerprint density at radius 1 is 0.565 bits per heavy atom. The van der Waals surface area contributed by atoms with Gasteiger partial charge < -0.3 is 4.74 Å². The minimum Gasteiger partial charge on any atom is -0.457 e. The van der Waals surface area contributed by atoms with E-state index < -0.39 is 36.3 Å². The van der Waals surface area contributed by atoms with Crippen LogP contribution < -0.4 is 4.74 Å². The Kier molecular flexibility index (Phi) is 5.52. The van der Waals surface area contributed by atoms with E-state index in [2.05, 4.69) is 0 Å². The second-order valence-corrected chi connectivity index (χ2v) is 4.65. The van der Waals surface area contributed by atoms with E-state index in [0.717, 1.165) is 12.1 Å². The van der Waals surface area contributed by atoms with Crippen molar-refractivity contribution >= 4 is 0 Å². The van der Waals surface area contributed by atoms with Gasteiger partial charge in [-0.05, 0) is 12.1 Å². The largest absolute Gasteiger partial charge is 0.457 e. The molecule has 0 bridgehead atoms. The Balaban J connectivity index is 2.38. The topological polar surface area (TPSA) is 9.23 Å². The van der Waals surface area contributed by atoms with Crippen LogP contribution in [0.25, 0.3) is 0 Å². The van der Waals surface area contributed by atoms with Gasteiger partial charge in [0.25, 0.3) is 12.9 Å². The van der Waals surface area contributed by atoms with Crippen molar-refractivity contribution < 1.29 is 31.1 Å². The first-order valence-corrected chi connectivity index (χ1v) is 6.62. The fraction of sp³-hybridized carbons (Fsp3) is 0.250. The van der Waals surface area contributed by atoms with Crippen LogP contribution in [0, 0.1) is 0 Å². The predicted octanol–water partition coefficient (Wildman–Crippen LogP) is 6.03. The molecule has 7 heteroatoms. The van der Waals surface area contributed by atoms with Crippen molar-refractivity contribution in [3.05, 3.63) is 59.7 Å². The fourth-order valence-electron chi connectivity index (χ4n) is 1.99. The minimum absolute atomic E-state index is 0.283. The van der Waals surface area contributed by atoms with Gasteiger partial charge in [-0.1, -0.05) is 36.4 Å². The van der Waals surface area contributed by atoms with Crippen LogP contribution in [0.5, 0.6) is 11.5 Å². The maximum atomic E-state index is 13.6. The number of alkyl halides is 6. The zero-order valence-corrected chi connectivity index (χ0v) is 11.6. The van der Waals surface area contributed by atoms with Crippen LogP contribution in [0.15, 0.2) is 48.5 Å². The highest BCUT2D eigenvalue weighted by Gasteiger charge is 2.27. The van der Waals surface area contributed by atoms with Crippen LogP contribution in [-0.4, -0.2) is 12.9 Å². The van der Waals surface area contributed by atoms with Gasteiger partial charge in [0.2, 0.25) is 0 Å². The third-order valence-corrected chi connectivity index (χ3v) is 3.09.